The first-order chi connectivity index (χ1) is 10.4. The highest BCUT2D eigenvalue weighted by atomic mass is 16.5. The molecular weight excluding hydrogens is 272 g/mol. The molecule has 0 bridgehead atoms. The molecule has 1 atom stereocenters. The van der Waals surface area contributed by atoms with Gasteiger partial charge in [0, 0.05) is 5.56 Å². The summed E-state index contributed by atoms with van der Waals surface area (Å²) in [6.45, 7) is 10.5. The molecule has 0 fully saturated rings. The van der Waals surface area contributed by atoms with Gasteiger partial charge in [-0.05, 0) is 54.5 Å². The van der Waals surface area contributed by atoms with E-state index in [-0.39, 0.29) is 11.9 Å². The molecule has 0 saturated heterocycles. The molecule has 0 radical (unpaired) electrons. The molecular formula is C20H22O2. The zero-order chi connectivity index (χ0) is 16.0. The fourth-order valence-corrected chi connectivity index (χ4v) is 3.21. The van der Waals surface area contributed by atoms with Gasteiger partial charge in [-0.25, -0.2) is 0 Å². The maximum Gasteiger partial charge on any atom is 0.323 e. The fourth-order valence-electron chi connectivity index (χ4n) is 3.21. The predicted molar refractivity (Wildman–Crippen MR) is 88.7 cm³/mol. The second-order valence-corrected chi connectivity index (χ2v) is 6.55. The van der Waals surface area contributed by atoms with E-state index in [1.807, 2.05) is 6.92 Å². The number of carbonyl (C=O) groups excluding carboxylic acids is 1. The highest BCUT2D eigenvalue weighted by Gasteiger charge is 2.37. The van der Waals surface area contributed by atoms with Crippen LogP contribution in [-0.2, 0) is 4.79 Å². The van der Waals surface area contributed by atoms with Gasteiger partial charge in [0.25, 0.3) is 0 Å². The molecule has 1 aliphatic heterocycles. The Labute approximate surface area is 132 Å². The van der Waals surface area contributed by atoms with E-state index in [0.717, 1.165) is 28.0 Å². The molecule has 0 amide bonds. The van der Waals surface area contributed by atoms with Crippen LogP contribution >= 0.6 is 0 Å². The third kappa shape index (κ3) is 2.23. The predicted octanol–water partition coefficient (Wildman–Crippen LogP) is 4.79. The number of esters is 1. The number of carbonyl (C=O) groups is 1. The summed E-state index contributed by atoms with van der Waals surface area (Å²) in [6, 6.07) is 10.5. The van der Waals surface area contributed by atoms with Crippen LogP contribution in [0.1, 0.15) is 59.1 Å². The number of hydrogen-bond donors (Lipinski definition) is 0. The summed E-state index contributed by atoms with van der Waals surface area (Å²) in [7, 11) is 0. The Morgan fingerprint density at radius 2 is 1.64 bits per heavy atom. The fraction of sp³-hybridized carbons (Fsp3) is 0.350. The van der Waals surface area contributed by atoms with Crippen molar-refractivity contribution in [1.82, 2.24) is 0 Å². The largest absolute Gasteiger partial charge is 0.425 e. The van der Waals surface area contributed by atoms with Crippen LogP contribution in [-0.4, -0.2) is 5.97 Å². The van der Waals surface area contributed by atoms with Crippen molar-refractivity contribution < 1.29 is 9.53 Å². The number of hydrogen-bond acceptors (Lipinski definition) is 2. The second kappa shape index (κ2) is 5.28. The van der Waals surface area contributed by atoms with Gasteiger partial charge in [-0.2, -0.15) is 0 Å². The van der Waals surface area contributed by atoms with Crippen molar-refractivity contribution in [3.05, 3.63) is 63.7 Å². The highest BCUT2D eigenvalue weighted by Crippen LogP contribution is 2.44. The van der Waals surface area contributed by atoms with E-state index in [1.165, 1.54) is 11.1 Å². The van der Waals surface area contributed by atoms with E-state index in [9.17, 15) is 4.79 Å². The zero-order valence-corrected chi connectivity index (χ0v) is 13.9. The summed E-state index contributed by atoms with van der Waals surface area (Å²) in [6.07, 6.45) is 0. The standard InChI is InChI=1S/C20H22O2/c1-11(2)15-6-8-16(9-7-15)18-17-13(4)10-12(3)14(5)19(17)22-20(18)21/h6-11,18H,1-5H3. The average molecular weight is 294 g/mol. The normalized spacial score (nSPS) is 16.8. The SMILES string of the molecule is Cc1cc(C)c2c(c1C)OC(=O)C2c1ccc(C(C)C)cc1. The van der Waals surface area contributed by atoms with Gasteiger partial charge in [0.2, 0.25) is 0 Å². The van der Waals surface area contributed by atoms with Crippen LogP contribution in [0.15, 0.2) is 30.3 Å². The number of rotatable bonds is 2. The quantitative estimate of drug-likeness (QED) is 0.588. The van der Waals surface area contributed by atoms with E-state index in [1.54, 1.807) is 0 Å². The van der Waals surface area contributed by atoms with Crippen molar-refractivity contribution in [2.45, 2.75) is 46.5 Å². The van der Waals surface area contributed by atoms with Gasteiger partial charge in [0.1, 0.15) is 11.7 Å². The van der Waals surface area contributed by atoms with E-state index in [2.05, 4.69) is 58.0 Å². The molecule has 2 aromatic rings. The van der Waals surface area contributed by atoms with Crippen molar-refractivity contribution >= 4 is 5.97 Å². The minimum Gasteiger partial charge on any atom is -0.425 e. The number of aryl methyl sites for hydroxylation is 2. The Bertz CT molecular complexity index is 739. The molecule has 1 unspecified atom stereocenters. The van der Waals surface area contributed by atoms with Gasteiger partial charge >= 0.3 is 5.97 Å². The van der Waals surface area contributed by atoms with Crippen LogP contribution in [0.25, 0.3) is 0 Å². The molecule has 0 aromatic heterocycles. The Morgan fingerprint density at radius 1 is 1.00 bits per heavy atom. The molecule has 114 valence electrons. The van der Waals surface area contributed by atoms with Gasteiger partial charge in [-0.1, -0.05) is 44.2 Å². The molecule has 1 heterocycles. The van der Waals surface area contributed by atoms with Gasteiger partial charge in [0.05, 0.1) is 0 Å². The van der Waals surface area contributed by atoms with Crippen molar-refractivity contribution in [2.75, 3.05) is 0 Å². The lowest BCUT2D eigenvalue weighted by Crippen LogP contribution is -2.12. The Hall–Kier alpha value is -2.09. The molecule has 2 aromatic carbocycles. The summed E-state index contributed by atoms with van der Waals surface area (Å²) in [5, 5.41) is 0. The third-order valence-electron chi connectivity index (χ3n) is 4.70. The maximum absolute atomic E-state index is 12.4. The van der Waals surface area contributed by atoms with Crippen molar-refractivity contribution in [1.29, 1.82) is 0 Å². The highest BCUT2D eigenvalue weighted by molar-refractivity contribution is 5.91. The van der Waals surface area contributed by atoms with E-state index in [4.69, 9.17) is 4.74 Å². The number of benzene rings is 2. The van der Waals surface area contributed by atoms with Crippen LogP contribution < -0.4 is 4.74 Å². The number of ether oxygens (including phenoxy) is 1. The van der Waals surface area contributed by atoms with Crippen molar-refractivity contribution in [2.24, 2.45) is 0 Å². The molecule has 2 heteroatoms. The van der Waals surface area contributed by atoms with Crippen LogP contribution in [0.4, 0.5) is 0 Å². The lowest BCUT2D eigenvalue weighted by molar-refractivity contribution is -0.133. The van der Waals surface area contributed by atoms with Gasteiger partial charge < -0.3 is 4.74 Å². The summed E-state index contributed by atoms with van der Waals surface area (Å²) in [5.74, 6) is 0.795. The number of fused-ring (bicyclic) bond motifs is 1. The average Bonchev–Trinajstić information content (AvgIpc) is 2.83. The molecule has 0 N–H and O–H groups in total. The van der Waals surface area contributed by atoms with Crippen LogP contribution in [0, 0.1) is 20.8 Å². The third-order valence-corrected chi connectivity index (χ3v) is 4.70. The first-order valence-electron chi connectivity index (χ1n) is 7.82. The smallest absolute Gasteiger partial charge is 0.323 e. The summed E-state index contributed by atoms with van der Waals surface area (Å²) in [5.41, 5.74) is 6.69. The summed E-state index contributed by atoms with van der Waals surface area (Å²) < 4.78 is 5.61. The van der Waals surface area contributed by atoms with Crippen molar-refractivity contribution in [3.63, 3.8) is 0 Å². The molecule has 0 saturated carbocycles. The molecule has 2 nitrogen and oxygen atoms in total. The van der Waals surface area contributed by atoms with Gasteiger partial charge in [0.15, 0.2) is 0 Å². The molecule has 3 rings (SSSR count). The Kier molecular flexibility index (Phi) is 3.56. The maximum atomic E-state index is 12.4. The zero-order valence-electron chi connectivity index (χ0n) is 13.9. The van der Waals surface area contributed by atoms with Gasteiger partial charge in [-0.15, -0.1) is 0 Å². The lowest BCUT2D eigenvalue weighted by Gasteiger charge is -2.13. The van der Waals surface area contributed by atoms with E-state index in [0.29, 0.717) is 5.92 Å². The van der Waals surface area contributed by atoms with Crippen LogP contribution in [0.3, 0.4) is 0 Å². The summed E-state index contributed by atoms with van der Waals surface area (Å²) >= 11 is 0. The van der Waals surface area contributed by atoms with E-state index < -0.39 is 0 Å². The molecule has 1 aliphatic rings. The van der Waals surface area contributed by atoms with Crippen LogP contribution in [0.2, 0.25) is 0 Å². The summed E-state index contributed by atoms with van der Waals surface area (Å²) in [4.78, 5) is 12.4. The van der Waals surface area contributed by atoms with Crippen molar-refractivity contribution in [3.8, 4) is 5.75 Å². The monoisotopic (exact) mass is 294 g/mol. The minimum atomic E-state index is -0.296. The Morgan fingerprint density at radius 3 is 2.23 bits per heavy atom. The first-order valence-corrected chi connectivity index (χ1v) is 7.82. The lowest BCUT2D eigenvalue weighted by atomic mass is 9.86. The Balaban J connectivity index is 2.11. The molecule has 22 heavy (non-hydrogen) atoms. The van der Waals surface area contributed by atoms with Gasteiger partial charge in [-0.3, -0.25) is 4.79 Å². The first kappa shape index (κ1) is 14.8. The minimum absolute atomic E-state index is 0.163. The molecule has 0 aliphatic carbocycles. The topological polar surface area (TPSA) is 26.3 Å². The second-order valence-electron chi connectivity index (χ2n) is 6.55. The van der Waals surface area contributed by atoms with Crippen LogP contribution in [0.5, 0.6) is 5.75 Å². The van der Waals surface area contributed by atoms with E-state index >= 15 is 0 Å². The molecule has 0 spiro atoms.